The predicted octanol–water partition coefficient (Wildman–Crippen LogP) is 2.80. The summed E-state index contributed by atoms with van der Waals surface area (Å²) in [5, 5.41) is 9.85. The second-order valence-corrected chi connectivity index (χ2v) is 3.64. The Balaban J connectivity index is 2.52. The van der Waals surface area contributed by atoms with Crippen molar-refractivity contribution in [2.45, 2.75) is 26.4 Å². The Labute approximate surface area is 86.1 Å². The van der Waals surface area contributed by atoms with Gasteiger partial charge in [-0.1, -0.05) is 49.4 Å². The average Bonchev–Trinajstić information content (AvgIpc) is 2.19. The van der Waals surface area contributed by atoms with E-state index in [1.54, 1.807) is 0 Å². The van der Waals surface area contributed by atoms with Crippen LogP contribution < -0.4 is 0 Å². The molecule has 0 saturated carbocycles. The van der Waals surface area contributed by atoms with Gasteiger partial charge in [0.05, 0.1) is 6.10 Å². The van der Waals surface area contributed by atoms with Gasteiger partial charge in [-0.05, 0) is 18.9 Å². The Morgan fingerprint density at radius 2 is 1.93 bits per heavy atom. The van der Waals surface area contributed by atoms with Gasteiger partial charge in [-0.15, -0.1) is 0 Å². The summed E-state index contributed by atoms with van der Waals surface area (Å²) in [7, 11) is 0. The van der Waals surface area contributed by atoms with Crippen molar-refractivity contribution in [2.24, 2.45) is 5.92 Å². The molecule has 1 aromatic carbocycles. The third-order valence-electron chi connectivity index (χ3n) is 2.39. The van der Waals surface area contributed by atoms with E-state index >= 15 is 0 Å². The number of rotatable bonds is 4. The van der Waals surface area contributed by atoms with E-state index in [1.165, 1.54) is 5.56 Å². The molecular weight excluding hydrogens is 172 g/mol. The third-order valence-corrected chi connectivity index (χ3v) is 2.39. The van der Waals surface area contributed by atoms with E-state index in [-0.39, 0.29) is 12.0 Å². The first-order valence-electron chi connectivity index (χ1n) is 5.09. The van der Waals surface area contributed by atoms with Gasteiger partial charge in [0.25, 0.3) is 0 Å². The van der Waals surface area contributed by atoms with Gasteiger partial charge >= 0.3 is 0 Å². The van der Waals surface area contributed by atoms with Crippen molar-refractivity contribution in [2.75, 3.05) is 0 Å². The van der Waals surface area contributed by atoms with Gasteiger partial charge in [0.2, 0.25) is 0 Å². The van der Waals surface area contributed by atoms with Gasteiger partial charge in [0.1, 0.15) is 0 Å². The van der Waals surface area contributed by atoms with E-state index in [0.717, 1.165) is 6.42 Å². The maximum absolute atomic E-state index is 9.85. The molecule has 1 N–H and O–H groups in total. The van der Waals surface area contributed by atoms with Crippen LogP contribution in [0.3, 0.4) is 0 Å². The van der Waals surface area contributed by atoms with E-state index in [4.69, 9.17) is 0 Å². The maximum Gasteiger partial charge on any atom is 0.0640 e. The Hall–Kier alpha value is -1.08. The number of allylic oxidation sites excluding steroid dienone is 1. The summed E-state index contributed by atoms with van der Waals surface area (Å²) in [5.41, 5.74) is 1.19. The molecule has 0 fully saturated rings. The lowest BCUT2D eigenvalue weighted by atomic mass is 9.97. The fourth-order valence-corrected chi connectivity index (χ4v) is 1.47. The second kappa shape index (κ2) is 5.61. The van der Waals surface area contributed by atoms with Crippen LogP contribution in [0.5, 0.6) is 0 Å². The molecule has 1 nitrogen and oxygen atoms in total. The average molecular weight is 190 g/mol. The van der Waals surface area contributed by atoms with Crippen LogP contribution in [0.4, 0.5) is 0 Å². The summed E-state index contributed by atoms with van der Waals surface area (Å²) in [6.45, 7) is 4.01. The number of hydrogen-bond donors (Lipinski definition) is 1. The van der Waals surface area contributed by atoms with Gasteiger partial charge < -0.3 is 5.11 Å². The van der Waals surface area contributed by atoms with Crippen LogP contribution in [-0.4, -0.2) is 11.2 Å². The van der Waals surface area contributed by atoms with Crippen molar-refractivity contribution >= 4 is 0 Å². The molecule has 0 radical (unpaired) electrons. The maximum atomic E-state index is 9.85. The van der Waals surface area contributed by atoms with Gasteiger partial charge in [-0.2, -0.15) is 0 Å². The summed E-state index contributed by atoms with van der Waals surface area (Å²) in [6.07, 6.45) is 4.47. The van der Waals surface area contributed by atoms with Crippen LogP contribution in [0.25, 0.3) is 0 Å². The van der Waals surface area contributed by atoms with Crippen molar-refractivity contribution in [3.8, 4) is 0 Å². The molecule has 76 valence electrons. The molecule has 1 aromatic rings. The molecule has 0 aliphatic rings. The minimum Gasteiger partial charge on any atom is -0.392 e. The number of aliphatic hydroxyl groups is 1. The van der Waals surface area contributed by atoms with Gasteiger partial charge in [0, 0.05) is 5.92 Å². The van der Waals surface area contributed by atoms with Gasteiger partial charge in [-0.3, -0.25) is 0 Å². The molecule has 0 amide bonds. The SMILES string of the molecule is C/C=C/[C@@H](C)[C@H](O)Cc1ccccc1. The molecule has 0 aromatic heterocycles. The monoisotopic (exact) mass is 190 g/mol. The van der Waals surface area contributed by atoms with Crippen LogP contribution in [-0.2, 0) is 6.42 Å². The Morgan fingerprint density at radius 3 is 2.50 bits per heavy atom. The van der Waals surface area contributed by atoms with Crippen molar-refractivity contribution in [3.05, 3.63) is 48.0 Å². The van der Waals surface area contributed by atoms with E-state index in [1.807, 2.05) is 56.3 Å². The smallest absolute Gasteiger partial charge is 0.0640 e. The highest BCUT2D eigenvalue weighted by Gasteiger charge is 2.10. The van der Waals surface area contributed by atoms with Crippen molar-refractivity contribution in [1.82, 2.24) is 0 Å². The zero-order valence-electron chi connectivity index (χ0n) is 8.85. The van der Waals surface area contributed by atoms with E-state index in [0.29, 0.717) is 0 Å². The third kappa shape index (κ3) is 3.35. The van der Waals surface area contributed by atoms with Crippen LogP contribution in [0.1, 0.15) is 19.4 Å². The molecule has 0 bridgehead atoms. The van der Waals surface area contributed by atoms with Crippen molar-refractivity contribution in [1.29, 1.82) is 0 Å². The molecule has 2 atom stereocenters. The molecule has 0 heterocycles. The van der Waals surface area contributed by atoms with Gasteiger partial charge in [-0.25, -0.2) is 0 Å². The Bertz CT molecular complexity index is 277. The first kappa shape index (κ1) is 11.0. The topological polar surface area (TPSA) is 20.2 Å². The molecule has 1 rings (SSSR count). The minimum atomic E-state index is -0.284. The predicted molar refractivity (Wildman–Crippen MR) is 60.1 cm³/mol. The van der Waals surface area contributed by atoms with Crippen LogP contribution in [0, 0.1) is 5.92 Å². The summed E-state index contributed by atoms with van der Waals surface area (Å²) in [5.74, 6) is 0.222. The molecule has 0 aliphatic carbocycles. The Kier molecular flexibility index (Phi) is 4.41. The lowest BCUT2D eigenvalue weighted by molar-refractivity contribution is 0.138. The van der Waals surface area contributed by atoms with E-state index in [2.05, 4.69) is 0 Å². The van der Waals surface area contributed by atoms with E-state index in [9.17, 15) is 5.11 Å². The van der Waals surface area contributed by atoms with Crippen LogP contribution in [0.2, 0.25) is 0 Å². The highest BCUT2D eigenvalue weighted by atomic mass is 16.3. The molecular formula is C13H18O. The summed E-state index contributed by atoms with van der Waals surface area (Å²) < 4.78 is 0. The van der Waals surface area contributed by atoms with Crippen molar-refractivity contribution < 1.29 is 5.11 Å². The zero-order valence-corrected chi connectivity index (χ0v) is 8.85. The molecule has 0 spiro atoms. The normalized spacial score (nSPS) is 15.6. The first-order chi connectivity index (χ1) is 6.74. The Morgan fingerprint density at radius 1 is 1.29 bits per heavy atom. The largest absolute Gasteiger partial charge is 0.392 e. The summed E-state index contributed by atoms with van der Waals surface area (Å²) in [4.78, 5) is 0. The summed E-state index contributed by atoms with van der Waals surface area (Å²) in [6, 6.07) is 10.1. The quantitative estimate of drug-likeness (QED) is 0.724. The summed E-state index contributed by atoms with van der Waals surface area (Å²) >= 11 is 0. The minimum absolute atomic E-state index is 0.222. The molecule has 0 aliphatic heterocycles. The van der Waals surface area contributed by atoms with Crippen LogP contribution in [0.15, 0.2) is 42.5 Å². The second-order valence-electron chi connectivity index (χ2n) is 3.64. The first-order valence-corrected chi connectivity index (χ1v) is 5.09. The van der Waals surface area contributed by atoms with Crippen LogP contribution >= 0.6 is 0 Å². The molecule has 14 heavy (non-hydrogen) atoms. The fourth-order valence-electron chi connectivity index (χ4n) is 1.47. The lowest BCUT2D eigenvalue weighted by Crippen LogP contribution is -2.18. The van der Waals surface area contributed by atoms with Gasteiger partial charge in [0.15, 0.2) is 0 Å². The molecule has 0 unspecified atom stereocenters. The zero-order chi connectivity index (χ0) is 10.4. The molecule has 0 saturated heterocycles. The van der Waals surface area contributed by atoms with E-state index < -0.39 is 0 Å². The standard InChI is InChI=1S/C13H18O/c1-3-7-11(2)13(14)10-12-8-5-4-6-9-12/h3-9,11,13-14H,10H2,1-2H3/b7-3+/t11-,13-/m1/s1. The molecule has 1 heteroatoms. The number of hydrogen-bond acceptors (Lipinski definition) is 1. The van der Waals surface area contributed by atoms with Crippen molar-refractivity contribution in [3.63, 3.8) is 0 Å². The lowest BCUT2D eigenvalue weighted by Gasteiger charge is -2.15. The highest BCUT2D eigenvalue weighted by Crippen LogP contribution is 2.11. The fraction of sp³-hybridized carbons (Fsp3) is 0.385. The number of aliphatic hydroxyl groups excluding tert-OH is 1. The number of benzene rings is 1. The highest BCUT2D eigenvalue weighted by molar-refractivity contribution is 5.15.